The molecule has 0 aliphatic carbocycles. The van der Waals surface area contributed by atoms with Crippen LogP contribution in [0.5, 0.6) is 0 Å². The average Bonchev–Trinajstić information content (AvgIpc) is 3.20. The third kappa shape index (κ3) is 4.86. The lowest BCUT2D eigenvalue weighted by molar-refractivity contribution is -0.116. The van der Waals surface area contributed by atoms with Crippen LogP contribution in [-0.2, 0) is 17.8 Å². The SMILES string of the molecule is C/C(=C\C(=O)NCc1cccnc1-n1cncn1)CCc1ccccc1. The molecule has 0 radical (unpaired) electrons. The van der Waals surface area contributed by atoms with Crippen LogP contribution in [0.2, 0.25) is 0 Å². The number of aryl methyl sites for hydroxylation is 1. The van der Waals surface area contributed by atoms with Gasteiger partial charge in [-0.3, -0.25) is 4.79 Å². The van der Waals surface area contributed by atoms with Crippen molar-refractivity contribution in [1.29, 1.82) is 0 Å². The molecule has 1 aromatic carbocycles. The molecule has 3 rings (SSSR count). The quantitative estimate of drug-likeness (QED) is 0.667. The minimum absolute atomic E-state index is 0.107. The molecule has 26 heavy (non-hydrogen) atoms. The van der Waals surface area contributed by atoms with Crippen molar-refractivity contribution in [1.82, 2.24) is 25.1 Å². The van der Waals surface area contributed by atoms with Crippen LogP contribution < -0.4 is 5.32 Å². The van der Waals surface area contributed by atoms with Crippen molar-refractivity contribution in [3.8, 4) is 5.82 Å². The number of amides is 1. The maximum Gasteiger partial charge on any atom is 0.244 e. The lowest BCUT2D eigenvalue weighted by Gasteiger charge is -2.08. The summed E-state index contributed by atoms with van der Waals surface area (Å²) in [6, 6.07) is 14.0. The van der Waals surface area contributed by atoms with E-state index in [-0.39, 0.29) is 5.91 Å². The van der Waals surface area contributed by atoms with Crippen molar-refractivity contribution in [2.24, 2.45) is 0 Å². The minimum atomic E-state index is -0.107. The van der Waals surface area contributed by atoms with Crippen molar-refractivity contribution in [3.63, 3.8) is 0 Å². The number of carbonyl (C=O) groups excluding carboxylic acids is 1. The van der Waals surface area contributed by atoms with E-state index in [4.69, 9.17) is 0 Å². The molecule has 1 amide bonds. The molecule has 0 bridgehead atoms. The van der Waals surface area contributed by atoms with Gasteiger partial charge >= 0.3 is 0 Å². The predicted octanol–water partition coefficient (Wildman–Crippen LogP) is 2.86. The van der Waals surface area contributed by atoms with Crippen LogP contribution in [0.4, 0.5) is 0 Å². The highest BCUT2D eigenvalue weighted by atomic mass is 16.1. The summed E-state index contributed by atoms with van der Waals surface area (Å²) in [6.07, 6.45) is 8.17. The summed E-state index contributed by atoms with van der Waals surface area (Å²) in [6.45, 7) is 2.36. The zero-order chi connectivity index (χ0) is 18.2. The summed E-state index contributed by atoms with van der Waals surface area (Å²) in [7, 11) is 0. The van der Waals surface area contributed by atoms with Crippen LogP contribution in [0, 0.1) is 0 Å². The lowest BCUT2D eigenvalue weighted by atomic mass is 10.1. The summed E-state index contributed by atoms with van der Waals surface area (Å²) in [5.41, 5.74) is 3.20. The highest BCUT2D eigenvalue weighted by Gasteiger charge is 2.07. The standard InChI is InChI=1S/C20H21N5O/c1-16(9-10-17-6-3-2-4-7-17)12-19(26)23-13-18-8-5-11-22-20(18)25-15-21-14-24-25/h2-8,11-12,14-15H,9-10,13H2,1H3,(H,23,26)/b16-12+. The van der Waals surface area contributed by atoms with Crippen LogP contribution in [0.25, 0.3) is 5.82 Å². The van der Waals surface area contributed by atoms with Gasteiger partial charge in [0.2, 0.25) is 5.91 Å². The van der Waals surface area contributed by atoms with Crippen LogP contribution >= 0.6 is 0 Å². The van der Waals surface area contributed by atoms with Crippen LogP contribution in [0.15, 0.2) is 73.0 Å². The molecule has 0 spiro atoms. The maximum atomic E-state index is 12.2. The molecule has 2 heterocycles. The number of allylic oxidation sites excluding steroid dienone is 1. The van der Waals surface area contributed by atoms with Crippen molar-refractivity contribution in [3.05, 3.63) is 84.1 Å². The van der Waals surface area contributed by atoms with Crippen LogP contribution in [-0.4, -0.2) is 25.7 Å². The fourth-order valence-electron chi connectivity index (χ4n) is 2.61. The first-order valence-corrected chi connectivity index (χ1v) is 8.50. The highest BCUT2D eigenvalue weighted by molar-refractivity contribution is 5.88. The smallest absolute Gasteiger partial charge is 0.244 e. The predicted molar refractivity (Wildman–Crippen MR) is 99.5 cm³/mol. The Morgan fingerprint density at radius 3 is 2.81 bits per heavy atom. The zero-order valence-corrected chi connectivity index (χ0v) is 14.7. The van der Waals surface area contributed by atoms with E-state index >= 15 is 0 Å². The Bertz CT molecular complexity index is 872. The molecule has 1 N–H and O–H groups in total. The third-order valence-electron chi connectivity index (χ3n) is 3.98. The number of hydrogen-bond acceptors (Lipinski definition) is 4. The zero-order valence-electron chi connectivity index (χ0n) is 14.7. The number of hydrogen-bond donors (Lipinski definition) is 1. The van der Waals surface area contributed by atoms with E-state index in [1.54, 1.807) is 23.3 Å². The first-order valence-electron chi connectivity index (χ1n) is 8.50. The van der Waals surface area contributed by atoms with Gasteiger partial charge < -0.3 is 5.32 Å². The number of nitrogens with zero attached hydrogens (tertiary/aromatic N) is 4. The molecule has 0 atom stereocenters. The number of carbonyl (C=O) groups is 1. The molecule has 0 unspecified atom stereocenters. The summed E-state index contributed by atoms with van der Waals surface area (Å²) in [5.74, 6) is 0.555. The number of aromatic nitrogens is 4. The number of nitrogens with one attached hydrogen (secondary N) is 1. The molecule has 6 heteroatoms. The fourth-order valence-corrected chi connectivity index (χ4v) is 2.61. The van der Waals surface area contributed by atoms with Gasteiger partial charge in [0.1, 0.15) is 12.7 Å². The second kappa shape index (κ2) is 8.71. The number of pyridine rings is 1. The molecule has 3 aromatic rings. The molecular weight excluding hydrogens is 326 g/mol. The van der Waals surface area contributed by atoms with Crippen molar-refractivity contribution < 1.29 is 4.79 Å². The minimum Gasteiger partial charge on any atom is -0.348 e. The van der Waals surface area contributed by atoms with Gasteiger partial charge in [0, 0.05) is 24.4 Å². The maximum absolute atomic E-state index is 12.2. The van der Waals surface area contributed by atoms with E-state index in [2.05, 4.69) is 32.5 Å². The van der Waals surface area contributed by atoms with Gasteiger partial charge in [0.05, 0.1) is 0 Å². The molecule has 0 fully saturated rings. The van der Waals surface area contributed by atoms with E-state index in [1.165, 1.54) is 11.9 Å². The molecule has 0 aliphatic rings. The Balaban J connectivity index is 1.56. The topological polar surface area (TPSA) is 72.7 Å². The summed E-state index contributed by atoms with van der Waals surface area (Å²) in [4.78, 5) is 20.4. The average molecular weight is 347 g/mol. The van der Waals surface area contributed by atoms with Gasteiger partial charge in [-0.15, -0.1) is 0 Å². The highest BCUT2D eigenvalue weighted by Crippen LogP contribution is 2.10. The van der Waals surface area contributed by atoms with Gasteiger partial charge in [-0.25, -0.2) is 14.6 Å². The first kappa shape index (κ1) is 17.5. The lowest BCUT2D eigenvalue weighted by Crippen LogP contribution is -2.22. The summed E-state index contributed by atoms with van der Waals surface area (Å²) >= 11 is 0. The normalized spacial score (nSPS) is 11.3. The van der Waals surface area contributed by atoms with Crippen molar-refractivity contribution in [2.45, 2.75) is 26.3 Å². The molecule has 0 aliphatic heterocycles. The van der Waals surface area contributed by atoms with Crippen LogP contribution in [0.3, 0.4) is 0 Å². The van der Waals surface area contributed by atoms with E-state index in [9.17, 15) is 4.79 Å². The largest absolute Gasteiger partial charge is 0.348 e. The third-order valence-corrected chi connectivity index (χ3v) is 3.98. The Morgan fingerprint density at radius 2 is 2.04 bits per heavy atom. The monoisotopic (exact) mass is 347 g/mol. The van der Waals surface area contributed by atoms with Crippen molar-refractivity contribution in [2.75, 3.05) is 0 Å². The van der Waals surface area contributed by atoms with Gasteiger partial charge in [-0.05, 0) is 31.4 Å². The molecule has 2 aromatic heterocycles. The fraction of sp³-hybridized carbons (Fsp3) is 0.200. The summed E-state index contributed by atoms with van der Waals surface area (Å²) in [5, 5.41) is 7.01. The Labute approximate surface area is 152 Å². The summed E-state index contributed by atoms with van der Waals surface area (Å²) < 4.78 is 1.59. The second-order valence-corrected chi connectivity index (χ2v) is 6.02. The van der Waals surface area contributed by atoms with Gasteiger partial charge in [-0.2, -0.15) is 5.10 Å². The van der Waals surface area contributed by atoms with Gasteiger partial charge in [-0.1, -0.05) is 42.0 Å². The van der Waals surface area contributed by atoms with E-state index in [1.807, 2.05) is 37.3 Å². The van der Waals surface area contributed by atoms with Crippen molar-refractivity contribution >= 4 is 5.91 Å². The molecule has 6 nitrogen and oxygen atoms in total. The van der Waals surface area contributed by atoms with E-state index in [0.717, 1.165) is 24.0 Å². The number of rotatable bonds is 7. The molecule has 0 saturated carbocycles. The second-order valence-electron chi connectivity index (χ2n) is 6.02. The van der Waals surface area contributed by atoms with Gasteiger partial charge in [0.15, 0.2) is 5.82 Å². The first-order chi connectivity index (χ1) is 12.7. The van der Waals surface area contributed by atoms with E-state index < -0.39 is 0 Å². The Kier molecular flexibility index (Phi) is 5.88. The Hall–Kier alpha value is -3.28. The van der Waals surface area contributed by atoms with E-state index in [0.29, 0.717) is 12.4 Å². The van der Waals surface area contributed by atoms with Gasteiger partial charge in [0.25, 0.3) is 0 Å². The Morgan fingerprint density at radius 1 is 1.19 bits per heavy atom. The molecule has 132 valence electrons. The van der Waals surface area contributed by atoms with Crippen LogP contribution in [0.1, 0.15) is 24.5 Å². The molecule has 0 saturated heterocycles. The molecular formula is C20H21N5O. The number of benzene rings is 1.